The number of fused-ring (bicyclic) bond motifs is 1. The van der Waals surface area contributed by atoms with Gasteiger partial charge < -0.3 is 10.2 Å². The second kappa shape index (κ2) is 11.8. The van der Waals surface area contributed by atoms with Gasteiger partial charge in [0.2, 0.25) is 0 Å². The van der Waals surface area contributed by atoms with Crippen LogP contribution in [-0.4, -0.2) is 76.2 Å². The van der Waals surface area contributed by atoms with Crippen molar-refractivity contribution in [3.8, 4) is 55.9 Å². The highest BCUT2D eigenvalue weighted by molar-refractivity contribution is 7.21. The summed E-state index contributed by atoms with van der Waals surface area (Å²) in [6.07, 6.45) is 13.3. The normalized spacial score (nSPS) is 13.3. The molecule has 8 rings (SSSR count). The summed E-state index contributed by atoms with van der Waals surface area (Å²) < 4.78 is 1.05. The number of aromatic nitrogens is 10. The zero-order valence-corrected chi connectivity index (χ0v) is 24.6. The molecule has 2 aromatic carbocycles. The van der Waals surface area contributed by atoms with Gasteiger partial charge in [-0.25, -0.2) is 29.9 Å². The zero-order chi connectivity index (χ0) is 30.0. The molecule has 218 valence electrons. The Bertz CT molecular complexity index is 2050. The van der Waals surface area contributed by atoms with E-state index in [4.69, 9.17) is 29.9 Å². The predicted molar refractivity (Wildman–Crippen MR) is 172 cm³/mol. The topological polar surface area (TPSA) is 144 Å². The molecule has 1 N–H and O–H groups in total. The summed E-state index contributed by atoms with van der Waals surface area (Å²) >= 11 is 1.60. The van der Waals surface area contributed by atoms with Crippen molar-refractivity contribution < 1.29 is 0 Å². The fourth-order valence-corrected chi connectivity index (χ4v) is 6.76. The standard InChI is InChI=1S/C32H24N12S/c1-2-7-23-20(5-1)42-32(45-23)27-24(21-6-3-10-41-43-21)26(30-37-8-4-9-38-30)25(22-17-34-11-12-36-22)29(44-15-13-33-14-16-44)28(27)31-39-18-35-19-40-31/h1-12,17-19,33H,13-16H2. The first-order valence-corrected chi connectivity index (χ1v) is 15.2. The third-order valence-electron chi connectivity index (χ3n) is 7.57. The summed E-state index contributed by atoms with van der Waals surface area (Å²) in [5.74, 6) is 1.02. The van der Waals surface area contributed by atoms with Crippen LogP contribution in [0.2, 0.25) is 0 Å². The lowest BCUT2D eigenvalue weighted by molar-refractivity contribution is 0.590. The molecule has 45 heavy (non-hydrogen) atoms. The van der Waals surface area contributed by atoms with Crippen LogP contribution in [0.15, 0.2) is 92.3 Å². The van der Waals surface area contributed by atoms with Crippen molar-refractivity contribution in [3.05, 3.63) is 92.3 Å². The maximum absolute atomic E-state index is 5.18. The third-order valence-corrected chi connectivity index (χ3v) is 8.62. The fraction of sp³-hybridized carbons (Fsp3) is 0.125. The van der Waals surface area contributed by atoms with Crippen LogP contribution in [0.25, 0.3) is 66.1 Å². The number of hydrogen-bond donors (Lipinski definition) is 1. The van der Waals surface area contributed by atoms with Crippen LogP contribution in [0.5, 0.6) is 0 Å². The number of nitrogens with zero attached hydrogens (tertiary/aromatic N) is 11. The average Bonchev–Trinajstić information content (AvgIpc) is 3.56. The van der Waals surface area contributed by atoms with Crippen LogP contribution in [0.3, 0.4) is 0 Å². The Hall–Kier alpha value is -5.66. The molecule has 1 saturated heterocycles. The molecule has 5 aromatic heterocycles. The number of benzene rings is 2. The summed E-state index contributed by atoms with van der Waals surface area (Å²) in [6, 6.07) is 13.7. The number of rotatable bonds is 6. The highest BCUT2D eigenvalue weighted by atomic mass is 32.1. The second-order valence-electron chi connectivity index (χ2n) is 10.2. The van der Waals surface area contributed by atoms with Gasteiger partial charge in [-0.1, -0.05) is 12.1 Å². The van der Waals surface area contributed by atoms with Gasteiger partial charge in [-0.3, -0.25) is 9.97 Å². The molecular weight excluding hydrogens is 585 g/mol. The molecule has 0 amide bonds. The lowest BCUT2D eigenvalue weighted by Gasteiger charge is -2.35. The predicted octanol–water partition coefficient (Wildman–Crippen LogP) is 4.60. The number of anilines is 1. The van der Waals surface area contributed by atoms with Crippen LogP contribution in [0.4, 0.5) is 5.69 Å². The van der Waals surface area contributed by atoms with E-state index in [0.717, 1.165) is 74.9 Å². The van der Waals surface area contributed by atoms with E-state index in [0.29, 0.717) is 23.0 Å². The molecule has 0 bridgehead atoms. The van der Waals surface area contributed by atoms with Gasteiger partial charge in [0, 0.05) is 79.4 Å². The molecule has 12 nitrogen and oxygen atoms in total. The Labute approximate surface area is 261 Å². The largest absolute Gasteiger partial charge is 0.368 e. The average molecular weight is 609 g/mol. The van der Waals surface area contributed by atoms with Gasteiger partial charge in [0.1, 0.15) is 17.7 Å². The molecule has 13 heteroatoms. The Balaban J connectivity index is 1.64. The van der Waals surface area contributed by atoms with Crippen molar-refractivity contribution in [1.29, 1.82) is 0 Å². The van der Waals surface area contributed by atoms with Gasteiger partial charge in [-0.05, 0) is 30.3 Å². The molecule has 7 aromatic rings. The van der Waals surface area contributed by atoms with Gasteiger partial charge in [0.05, 0.1) is 39.1 Å². The van der Waals surface area contributed by atoms with Crippen LogP contribution < -0.4 is 10.2 Å². The van der Waals surface area contributed by atoms with Crippen molar-refractivity contribution in [2.45, 2.75) is 0 Å². The smallest absolute Gasteiger partial charge is 0.165 e. The number of piperazine rings is 1. The summed E-state index contributed by atoms with van der Waals surface area (Å²) in [5, 5.41) is 13.2. The fourth-order valence-electron chi connectivity index (χ4n) is 5.74. The summed E-state index contributed by atoms with van der Waals surface area (Å²) in [7, 11) is 0. The second-order valence-corrected chi connectivity index (χ2v) is 11.2. The number of nitrogens with one attached hydrogen (secondary N) is 1. The molecule has 0 radical (unpaired) electrons. The minimum atomic E-state index is 0.503. The Morgan fingerprint density at radius 3 is 2.22 bits per heavy atom. The Morgan fingerprint density at radius 2 is 1.47 bits per heavy atom. The SMILES string of the molecule is c1cnc(-c2c(-c3cccnn3)c(-c3nc4ccccc4s3)c(-c3ncncn3)c(N3CCNCC3)c2-c2cnccn2)nc1. The molecule has 0 atom stereocenters. The molecule has 0 spiro atoms. The zero-order valence-electron chi connectivity index (χ0n) is 23.8. The van der Waals surface area contributed by atoms with Crippen LogP contribution in [0, 0.1) is 0 Å². The maximum atomic E-state index is 5.18. The molecule has 6 heterocycles. The lowest BCUT2D eigenvalue weighted by atomic mass is 9.84. The summed E-state index contributed by atoms with van der Waals surface area (Å²) in [6.45, 7) is 3.08. The minimum Gasteiger partial charge on any atom is -0.368 e. The molecule has 0 unspecified atom stereocenters. The van der Waals surface area contributed by atoms with E-state index >= 15 is 0 Å². The monoisotopic (exact) mass is 608 g/mol. The van der Waals surface area contributed by atoms with E-state index in [-0.39, 0.29) is 0 Å². The van der Waals surface area contributed by atoms with Gasteiger partial charge in [0.25, 0.3) is 0 Å². The Morgan fingerprint density at radius 1 is 0.644 bits per heavy atom. The van der Waals surface area contributed by atoms with E-state index in [1.807, 2.05) is 30.3 Å². The van der Waals surface area contributed by atoms with Crippen molar-refractivity contribution in [2.75, 3.05) is 31.1 Å². The van der Waals surface area contributed by atoms with E-state index < -0.39 is 0 Å². The molecule has 1 aliphatic rings. The first-order valence-electron chi connectivity index (χ1n) is 14.4. The quantitative estimate of drug-likeness (QED) is 0.282. The highest BCUT2D eigenvalue weighted by Gasteiger charge is 2.35. The van der Waals surface area contributed by atoms with Gasteiger partial charge in [-0.15, -0.1) is 11.3 Å². The van der Waals surface area contributed by atoms with Gasteiger partial charge >= 0.3 is 0 Å². The molecule has 1 fully saturated rings. The lowest BCUT2D eigenvalue weighted by Crippen LogP contribution is -2.44. The van der Waals surface area contributed by atoms with E-state index in [9.17, 15) is 0 Å². The maximum Gasteiger partial charge on any atom is 0.165 e. The van der Waals surface area contributed by atoms with Crippen molar-refractivity contribution in [2.24, 2.45) is 0 Å². The number of hydrogen-bond acceptors (Lipinski definition) is 13. The van der Waals surface area contributed by atoms with E-state index in [2.05, 4.69) is 36.4 Å². The Kier molecular flexibility index (Phi) is 7.05. The first-order chi connectivity index (χ1) is 22.4. The first kappa shape index (κ1) is 26.9. The van der Waals surface area contributed by atoms with Crippen LogP contribution in [-0.2, 0) is 0 Å². The van der Waals surface area contributed by atoms with Crippen LogP contribution in [0.1, 0.15) is 0 Å². The molecule has 0 aliphatic carbocycles. The van der Waals surface area contributed by atoms with E-state index in [1.165, 1.54) is 12.7 Å². The number of para-hydroxylation sites is 1. The molecule has 1 aliphatic heterocycles. The van der Waals surface area contributed by atoms with Gasteiger partial charge in [0.15, 0.2) is 11.6 Å². The summed E-state index contributed by atoms with van der Waals surface area (Å²) in [5.41, 5.74) is 6.98. The third kappa shape index (κ3) is 4.93. The minimum absolute atomic E-state index is 0.503. The summed E-state index contributed by atoms with van der Waals surface area (Å²) in [4.78, 5) is 40.0. The van der Waals surface area contributed by atoms with Crippen molar-refractivity contribution in [3.63, 3.8) is 0 Å². The number of thiazole rings is 1. The molecule has 0 saturated carbocycles. The van der Waals surface area contributed by atoms with E-state index in [1.54, 1.807) is 54.6 Å². The van der Waals surface area contributed by atoms with Crippen molar-refractivity contribution >= 4 is 27.2 Å². The van der Waals surface area contributed by atoms with Crippen LogP contribution >= 0.6 is 11.3 Å². The van der Waals surface area contributed by atoms with Gasteiger partial charge in [-0.2, -0.15) is 10.2 Å². The molecular formula is C32H24N12S. The van der Waals surface area contributed by atoms with Crippen molar-refractivity contribution in [1.82, 2.24) is 55.4 Å². The highest BCUT2D eigenvalue weighted by Crippen LogP contribution is 2.55.